The number of hydrogen-bond acceptors (Lipinski definition) is 4. The third-order valence-corrected chi connectivity index (χ3v) is 8.01. The van der Waals surface area contributed by atoms with Crippen molar-refractivity contribution in [1.82, 2.24) is 15.1 Å². The Balaban J connectivity index is 1.20. The highest BCUT2D eigenvalue weighted by atomic mass is 35.5. The van der Waals surface area contributed by atoms with Gasteiger partial charge in [-0.3, -0.25) is 14.5 Å². The minimum Gasteiger partial charge on any atom is -0.336 e. The van der Waals surface area contributed by atoms with Crippen LogP contribution in [0.5, 0.6) is 0 Å². The van der Waals surface area contributed by atoms with E-state index in [2.05, 4.69) is 64.1 Å². The number of para-hydroxylation sites is 1. The van der Waals surface area contributed by atoms with E-state index in [9.17, 15) is 9.59 Å². The molecule has 2 amide bonds. The van der Waals surface area contributed by atoms with Crippen LogP contribution in [0.4, 0.5) is 5.69 Å². The van der Waals surface area contributed by atoms with Crippen molar-refractivity contribution in [3.05, 3.63) is 136 Å². The maximum Gasteiger partial charge on any atom is 0.256 e. The summed E-state index contributed by atoms with van der Waals surface area (Å²) in [5.41, 5.74) is 4.46. The van der Waals surface area contributed by atoms with Gasteiger partial charge in [0.25, 0.3) is 5.91 Å². The van der Waals surface area contributed by atoms with Crippen LogP contribution in [-0.2, 0) is 11.2 Å². The molecule has 0 aromatic heterocycles. The number of benzene rings is 4. The number of carbonyl (C=O) groups excluding carboxylic acids is 2. The molecule has 0 atom stereocenters. The van der Waals surface area contributed by atoms with E-state index in [0.717, 1.165) is 18.7 Å². The number of piperazine rings is 1. The van der Waals surface area contributed by atoms with E-state index in [-0.39, 0.29) is 29.4 Å². The molecule has 4 aromatic rings. The number of anilines is 1. The second-order valence-corrected chi connectivity index (χ2v) is 11.0. The van der Waals surface area contributed by atoms with E-state index in [1.165, 1.54) is 11.1 Å². The van der Waals surface area contributed by atoms with Crippen molar-refractivity contribution in [1.29, 1.82) is 0 Å². The number of carbonyl (C=O) groups is 2. The van der Waals surface area contributed by atoms with Crippen molar-refractivity contribution in [3.63, 3.8) is 0 Å². The highest BCUT2D eigenvalue weighted by Crippen LogP contribution is 2.30. The van der Waals surface area contributed by atoms with Crippen molar-refractivity contribution in [2.75, 3.05) is 31.5 Å². The SMILES string of the molecule is O=C(CCc1ccccc1Cl)NC(=S)Nc1ccccc1C(=O)N1CCN(C(c2ccccc2)c2ccccc2)CC1. The number of nitrogens with one attached hydrogen (secondary N) is 2. The lowest BCUT2D eigenvalue weighted by atomic mass is 9.96. The quantitative estimate of drug-likeness (QED) is 0.233. The van der Waals surface area contributed by atoms with E-state index in [1.807, 2.05) is 47.4 Å². The molecule has 1 fully saturated rings. The number of amides is 2. The van der Waals surface area contributed by atoms with Crippen LogP contribution in [0.15, 0.2) is 109 Å². The van der Waals surface area contributed by atoms with Gasteiger partial charge >= 0.3 is 0 Å². The summed E-state index contributed by atoms with van der Waals surface area (Å²) in [7, 11) is 0. The second-order valence-electron chi connectivity index (χ2n) is 10.2. The van der Waals surface area contributed by atoms with E-state index in [1.54, 1.807) is 18.2 Å². The topological polar surface area (TPSA) is 64.7 Å². The van der Waals surface area contributed by atoms with Gasteiger partial charge in [-0.2, -0.15) is 0 Å². The molecule has 214 valence electrons. The smallest absolute Gasteiger partial charge is 0.256 e. The standard InChI is InChI=1S/C34H33ClN4O2S/c35-29-17-9-7-11-25(29)19-20-31(40)37-34(42)36-30-18-10-8-16-28(30)33(41)39-23-21-38(22-24-39)32(26-12-3-1-4-13-26)27-14-5-2-6-15-27/h1-18,32H,19-24H2,(H2,36,37,40,42). The minimum atomic E-state index is -0.223. The lowest BCUT2D eigenvalue weighted by Crippen LogP contribution is -2.50. The molecule has 0 saturated carbocycles. The van der Waals surface area contributed by atoms with Gasteiger partial charge in [-0.1, -0.05) is 103 Å². The summed E-state index contributed by atoms with van der Waals surface area (Å²) in [6.07, 6.45) is 0.744. The molecule has 0 spiro atoms. The molecule has 1 aliphatic heterocycles. The van der Waals surface area contributed by atoms with Crippen molar-refractivity contribution < 1.29 is 9.59 Å². The van der Waals surface area contributed by atoms with Crippen molar-refractivity contribution >= 4 is 46.4 Å². The number of nitrogens with zero attached hydrogens (tertiary/aromatic N) is 2. The van der Waals surface area contributed by atoms with Gasteiger partial charge in [0.1, 0.15) is 0 Å². The molecule has 1 aliphatic rings. The molecular formula is C34H33ClN4O2S. The average molecular weight is 597 g/mol. The minimum absolute atomic E-state index is 0.0680. The predicted octanol–water partition coefficient (Wildman–Crippen LogP) is 6.33. The van der Waals surface area contributed by atoms with Crippen molar-refractivity contribution in [2.24, 2.45) is 0 Å². The largest absolute Gasteiger partial charge is 0.336 e. The summed E-state index contributed by atoms with van der Waals surface area (Å²) in [5.74, 6) is -0.291. The van der Waals surface area contributed by atoms with Gasteiger partial charge in [0.05, 0.1) is 17.3 Å². The molecule has 1 heterocycles. The van der Waals surface area contributed by atoms with Gasteiger partial charge in [0.15, 0.2) is 5.11 Å². The van der Waals surface area contributed by atoms with Gasteiger partial charge in [0, 0.05) is 37.6 Å². The van der Waals surface area contributed by atoms with Crippen LogP contribution in [0.1, 0.15) is 39.5 Å². The molecule has 5 rings (SSSR count). The Bertz CT molecular complexity index is 1490. The number of aryl methyl sites for hydroxylation is 1. The highest BCUT2D eigenvalue weighted by molar-refractivity contribution is 7.80. The Morgan fingerprint density at radius 2 is 1.33 bits per heavy atom. The van der Waals surface area contributed by atoms with E-state index in [4.69, 9.17) is 23.8 Å². The fourth-order valence-electron chi connectivity index (χ4n) is 5.31. The third-order valence-electron chi connectivity index (χ3n) is 7.44. The van der Waals surface area contributed by atoms with Crippen LogP contribution in [0, 0.1) is 0 Å². The molecule has 0 radical (unpaired) electrons. The average Bonchev–Trinajstić information content (AvgIpc) is 3.02. The van der Waals surface area contributed by atoms with Gasteiger partial charge < -0.3 is 15.5 Å². The molecule has 42 heavy (non-hydrogen) atoms. The van der Waals surface area contributed by atoms with Crippen LogP contribution in [-0.4, -0.2) is 52.9 Å². The van der Waals surface area contributed by atoms with Crippen molar-refractivity contribution in [2.45, 2.75) is 18.9 Å². The second kappa shape index (κ2) is 14.2. The summed E-state index contributed by atoms with van der Waals surface area (Å²) in [6.45, 7) is 2.70. The molecule has 2 N–H and O–H groups in total. The number of hydrogen-bond donors (Lipinski definition) is 2. The molecule has 8 heteroatoms. The summed E-state index contributed by atoms with van der Waals surface area (Å²) in [6, 6.07) is 35.8. The number of halogens is 1. The number of thiocarbonyl (C=S) groups is 1. The van der Waals surface area contributed by atoms with E-state index >= 15 is 0 Å². The summed E-state index contributed by atoms with van der Waals surface area (Å²) < 4.78 is 0. The molecule has 1 saturated heterocycles. The fourth-order valence-corrected chi connectivity index (χ4v) is 5.76. The monoisotopic (exact) mass is 596 g/mol. The Morgan fingerprint density at radius 1 is 0.762 bits per heavy atom. The molecule has 0 unspecified atom stereocenters. The van der Waals surface area contributed by atoms with E-state index in [0.29, 0.717) is 35.8 Å². The number of rotatable bonds is 8. The Kier molecular flexibility index (Phi) is 9.98. The van der Waals surface area contributed by atoms with Crippen molar-refractivity contribution in [3.8, 4) is 0 Å². The van der Waals surface area contributed by atoms with Gasteiger partial charge in [-0.25, -0.2) is 0 Å². The van der Waals surface area contributed by atoms with Crippen LogP contribution >= 0.6 is 23.8 Å². The van der Waals surface area contributed by atoms with Gasteiger partial charge in [-0.05, 0) is 53.5 Å². The first-order valence-corrected chi connectivity index (χ1v) is 14.8. The Hall–Kier alpha value is -4.04. The van der Waals surface area contributed by atoms with Crippen LogP contribution in [0.2, 0.25) is 5.02 Å². The van der Waals surface area contributed by atoms with Gasteiger partial charge in [-0.15, -0.1) is 0 Å². The first kappa shape index (κ1) is 29.5. The highest BCUT2D eigenvalue weighted by Gasteiger charge is 2.29. The lowest BCUT2D eigenvalue weighted by Gasteiger charge is -2.40. The first-order valence-electron chi connectivity index (χ1n) is 14.1. The summed E-state index contributed by atoms with van der Waals surface area (Å²) in [4.78, 5) is 30.5. The van der Waals surface area contributed by atoms with Crippen LogP contribution in [0.3, 0.4) is 0 Å². The van der Waals surface area contributed by atoms with Gasteiger partial charge in [0.2, 0.25) is 5.91 Å². The molecule has 6 nitrogen and oxygen atoms in total. The summed E-state index contributed by atoms with van der Waals surface area (Å²) >= 11 is 11.6. The maximum absolute atomic E-state index is 13.7. The predicted molar refractivity (Wildman–Crippen MR) is 173 cm³/mol. The zero-order valence-electron chi connectivity index (χ0n) is 23.2. The molecular weight excluding hydrogens is 564 g/mol. The molecule has 0 bridgehead atoms. The first-order chi connectivity index (χ1) is 20.5. The van der Waals surface area contributed by atoms with E-state index < -0.39 is 0 Å². The Morgan fingerprint density at radius 3 is 1.98 bits per heavy atom. The zero-order chi connectivity index (χ0) is 29.3. The Labute approximate surface area is 257 Å². The fraction of sp³-hybridized carbons (Fsp3) is 0.206. The molecule has 4 aromatic carbocycles. The third kappa shape index (κ3) is 7.42. The summed E-state index contributed by atoms with van der Waals surface area (Å²) in [5, 5.41) is 6.56. The maximum atomic E-state index is 13.7. The molecule has 0 aliphatic carbocycles. The van der Waals surface area contributed by atoms with Crippen LogP contribution < -0.4 is 10.6 Å². The normalized spacial score (nSPS) is 13.5. The zero-order valence-corrected chi connectivity index (χ0v) is 24.8. The van der Waals surface area contributed by atoms with Crippen LogP contribution in [0.25, 0.3) is 0 Å². The lowest BCUT2D eigenvalue weighted by molar-refractivity contribution is -0.119.